The molecule has 0 radical (unpaired) electrons. The van der Waals surface area contributed by atoms with Gasteiger partial charge in [-0.3, -0.25) is 4.79 Å². The van der Waals surface area contributed by atoms with Gasteiger partial charge < -0.3 is 15.0 Å². The highest BCUT2D eigenvalue weighted by Gasteiger charge is 2.10. The summed E-state index contributed by atoms with van der Waals surface area (Å²) in [5.74, 6) is -0.0312. The van der Waals surface area contributed by atoms with Gasteiger partial charge >= 0.3 is 0 Å². The van der Waals surface area contributed by atoms with Gasteiger partial charge in [0, 0.05) is 36.4 Å². The van der Waals surface area contributed by atoms with Crippen molar-refractivity contribution in [2.45, 2.75) is 12.8 Å². The summed E-state index contributed by atoms with van der Waals surface area (Å²) in [7, 11) is 1.99. The van der Waals surface area contributed by atoms with Gasteiger partial charge in [-0.05, 0) is 35.7 Å². The summed E-state index contributed by atoms with van der Waals surface area (Å²) in [6.07, 6.45) is 2.98. The second-order valence-electron chi connectivity index (χ2n) is 5.68. The Hall–Kier alpha value is -2.59. The van der Waals surface area contributed by atoms with Crippen LogP contribution in [0.15, 0.2) is 54.7 Å². The number of hydrogen-bond donors (Lipinski definition) is 2. The van der Waals surface area contributed by atoms with Crippen LogP contribution in [0.5, 0.6) is 0 Å². The molecule has 118 valence electrons. The predicted molar refractivity (Wildman–Crippen MR) is 92.5 cm³/mol. The Kier molecular flexibility index (Phi) is 4.44. The molecule has 0 saturated heterocycles. The quantitative estimate of drug-likeness (QED) is 0.761. The van der Waals surface area contributed by atoms with E-state index in [0.29, 0.717) is 12.8 Å². The third-order valence-corrected chi connectivity index (χ3v) is 3.97. The van der Waals surface area contributed by atoms with Crippen LogP contribution in [0.1, 0.15) is 11.1 Å². The lowest BCUT2D eigenvalue weighted by Crippen LogP contribution is -2.14. The first kappa shape index (κ1) is 15.3. The van der Waals surface area contributed by atoms with Gasteiger partial charge in [-0.1, -0.05) is 30.3 Å². The van der Waals surface area contributed by atoms with E-state index in [1.165, 1.54) is 0 Å². The number of amides is 1. The molecular weight excluding hydrogens is 288 g/mol. The van der Waals surface area contributed by atoms with E-state index in [0.717, 1.165) is 27.7 Å². The Morgan fingerprint density at radius 1 is 1.13 bits per heavy atom. The monoisotopic (exact) mass is 308 g/mol. The number of aryl methyl sites for hydroxylation is 1. The molecule has 2 N–H and O–H groups in total. The normalized spacial score (nSPS) is 10.9. The van der Waals surface area contributed by atoms with Crippen LogP contribution in [0.4, 0.5) is 5.69 Å². The highest BCUT2D eigenvalue weighted by atomic mass is 16.2. The number of anilines is 1. The molecule has 1 aromatic heterocycles. The SMILES string of the molecule is Cn1cc(CC(=O)Nc2ccc(CCO)cc2)c2ccccc21. The number of nitrogens with one attached hydrogen (secondary N) is 1. The fourth-order valence-electron chi connectivity index (χ4n) is 2.83. The van der Waals surface area contributed by atoms with Crippen molar-refractivity contribution in [3.63, 3.8) is 0 Å². The maximum Gasteiger partial charge on any atom is 0.228 e. The van der Waals surface area contributed by atoms with E-state index in [4.69, 9.17) is 5.11 Å². The van der Waals surface area contributed by atoms with E-state index in [2.05, 4.69) is 11.4 Å². The van der Waals surface area contributed by atoms with E-state index >= 15 is 0 Å². The molecule has 0 saturated carbocycles. The number of para-hydroxylation sites is 1. The highest BCUT2D eigenvalue weighted by Crippen LogP contribution is 2.21. The fourth-order valence-corrected chi connectivity index (χ4v) is 2.83. The van der Waals surface area contributed by atoms with E-state index in [-0.39, 0.29) is 12.5 Å². The van der Waals surface area contributed by atoms with E-state index < -0.39 is 0 Å². The van der Waals surface area contributed by atoms with Gasteiger partial charge in [0.25, 0.3) is 0 Å². The number of aromatic nitrogens is 1. The Morgan fingerprint density at radius 3 is 2.61 bits per heavy atom. The molecule has 0 aliphatic carbocycles. The standard InChI is InChI=1S/C19H20N2O2/c1-21-13-15(17-4-2-3-5-18(17)21)12-19(23)20-16-8-6-14(7-9-16)10-11-22/h2-9,13,22H,10-12H2,1H3,(H,20,23). The number of nitrogens with zero attached hydrogens (tertiary/aromatic N) is 1. The van der Waals surface area contributed by atoms with Crippen molar-refractivity contribution in [1.29, 1.82) is 0 Å². The van der Waals surface area contributed by atoms with Gasteiger partial charge in [0.1, 0.15) is 0 Å². The van der Waals surface area contributed by atoms with Gasteiger partial charge in [0.05, 0.1) is 6.42 Å². The Bertz CT molecular complexity index is 819. The van der Waals surface area contributed by atoms with Crippen molar-refractivity contribution in [3.8, 4) is 0 Å². The van der Waals surface area contributed by atoms with Crippen LogP contribution in [0, 0.1) is 0 Å². The third kappa shape index (κ3) is 3.43. The average molecular weight is 308 g/mol. The minimum atomic E-state index is -0.0312. The van der Waals surface area contributed by atoms with E-state index in [1.54, 1.807) is 0 Å². The number of aliphatic hydroxyl groups is 1. The summed E-state index contributed by atoms with van der Waals surface area (Å²) in [6, 6.07) is 15.7. The van der Waals surface area contributed by atoms with Gasteiger partial charge in [-0.25, -0.2) is 0 Å². The lowest BCUT2D eigenvalue weighted by Gasteiger charge is -2.06. The molecule has 0 atom stereocenters. The Balaban J connectivity index is 1.71. The molecule has 0 unspecified atom stereocenters. The van der Waals surface area contributed by atoms with Gasteiger partial charge in [0.2, 0.25) is 5.91 Å². The average Bonchev–Trinajstić information content (AvgIpc) is 2.86. The Labute approximate surface area is 135 Å². The molecular formula is C19H20N2O2. The van der Waals surface area contributed by atoms with Crippen molar-refractivity contribution in [2.24, 2.45) is 7.05 Å². The van der Waals surface area contributed by atoms with Gasteiger partial charge in [0.15, 0.2) is 0 Å². The van der Waals surface area contributed by atoms with Crippen LogP contribution in [0.25, 0.3) is 10.9 Å². The molecule has 23 heavy (non-hydrogen) atoms. The van der Waals surface area contributed by atoms with Gasteiger partial charge in [-0.15, -0.1) is 0 Å². The summed E-state index contributed by atoms with van der Waals surface area (Å²) >= 11 is 0. The molecule has 0 fully saturated rings. The number of rotatable bonds is 5. The molecule has 1 amide bonds. The molecule has 3 aromatic rings. The van der Waals surface area contributed by atoms with Crippen LogP contribution in [-0.2, 0) is 24.7 Å². The van der Waals surface area contributed by atoms with Crippen LogP contribution in [0.2, 0.25) is 0 Å². The van der Waals surface area contributed by atoms with Crippen LogP contribution in [-0.4, -0.2) is 22.2 Å². The molecule has 2 aromatic carbocycles. The predicted octanol–water partition coefficient (Wildman–Crippen LogP) is 2.89. The fraction of sp³-hybridized carbons (Fsp3) is 0.211. The van der Waals surface area contributed by atoms with Gasteiger partial charge in [-0.2, -0.15) is 0 Å². The number of hydrogen-bond acceptors (Lipinski definition) is 2. The highest BCUT2D eigenvalue weighted by molar-refractivity contribution is 5.95. The van der Waals surface area contributed by atoms with Crippen LogP contribution in [0.3, 0.4) is 0 Å². The summed E-state index contributed by atoms with van der Waals surface area (Å²) in [5, 5.41) is 13.0. The summed E-state index contributed by atoms with van der Waals surface area (Å²) in [5.41, 5.74) is 3.98. The number of fused-ring (bicyclic) bond motifs is 1. The Morgan fingerprint density at radius 2 is 1.87 bits per heavy atom. The number of aliphatic hydroxyl groups excluding tert-OH is 1. The van der Waals surface area contributed by atoms with Crippen molar-refractivity contribution in [3.05, 3.63) is 65.9 Å². The summed E-state index contributed by atoms with van der Waals surface area (Å²) < 4.78 is 2.04. The topological polar surface area (TPSA) is 54.3 Å². The molecule has 1 heterocycles. The zero-order chi connectivity index (χ0) is 16.2. The van der Waals surface area contributed by atoms with Crippen molar-refractivity contribution in [1.82, 2.24) is 4.57 Å². The first-order valence-electron chi connectivity index (χ1n) is 7.70. The van der Waals surface area contributed by atoms with E-state index in [9.17, 15) is 4.79 Å². The van der Waals surface area contributed by atoms with Crippen LogP contribution >= 0.6 is 0 Å². The number of carbonyl (C=O) groups is 1. The minimum absolute atomic E-state index is 0.0312. The second kappa shape index (κ2) is 6.67. The lowest BCUT2D eigenvalue weighted by molar-refractivity contribution is -0.115. The molecule has 0 aliphatic heterocycles. The largest absolute Gasteiger partial charge is 0.396 e. The first-order chi connectivity index (χ1) is 11.2. The second-order valence-corrected chi connectivity index (χ2v) is 5.68. The summed E-state index contributed by atoms with van der Waals surface area (Å²) in [6.45, 7) is 0.132. The smallest absolute Gasteiger partial charge is 0.228 e. The molecule has 3 rings (SSSR count). The van der Waals surface area contributed by atoms with Crippen LogP contribution < -0.4 is 5.32 Å². The van der Waals surface area contributed by atoms with Crippen molar-refractivity contribution in [2.75, 3.05) is 11.9 Å². The molecule has 0 spiro atoms. The van der Waals surface area contributed by atoms with Crippen molar-refractivity contribution >= 4 is 22.5 Å². The number of carbonyl (C=O) groups excluding carboxylic acids is 1. The zero-order valence-electron chi connectivity index (χ0n) is 13.1. The summed E-state index contributed by atoms with van der Waals surface area (Å²) in [4.78, 5) is 12.3. The molecule has 4 heteroatoms. The maximum atomic E-state index is 12.3. The number of benzene rings is 2. The minimum Gasteiger partial charge on any atom is -0.396 e. The molecule has 0 aliphatic rings. The molecule has 4 nitrogen and oxygen atoms in total. The third-order valence-electron chi connectivity index (χ3n) is 3.97. The lowest BCUT2D eigenvalue weighted by atomic mass is 10.1. The van der Waals surface area contributed by atoms with Crippen molar-refractivity contribution < 1.29 is 9.90 Å². The zero-order valence-corrected chi connectivity index (χ0v) is 13.1. The maximum absolute atomic E-state index is 12.3. The van der Waals surface area contributed by atoms with E-state index in [1.807, 2.05) is 60.3 Å². The molecule has 0 bridgehead atoms. The first-order valence-corrected chi connectivity index (χ1v) is 7.70.